The Hall–Kier alpha value is -2.04. The average Bonchev–Trinajstić information content (AvgIpc) is 3.09. The normalized spacial score (nSPS) is 18.5. The molecule has 1 aromatic carbocycles. The maximum Gasteiger partial charge on any atom is 0.0665 e. The van der Waals surface area contributed by atoms with Crippen LogP contribution in [0.5, 0.6) is 0 Å². The molecule has 1 atom stereocenters. The lowest BCUT2D eigenvalue weighted by Gasteiger charge is -2.35. The van der Waals surface area contributed by atoms with Gasteiger partial charge in [0.1, 0.15) is 0 Å². The quantitative estimate of drug-likeness (QED) is 0.706. The molecule has 0 N–H and O–H groups in total. The number of rotatable bonds is 7. The number of aryl methyl sites for hydroxylation is 1. The molecule has 1 aliphatic heterocycles. The molecule has 0 spiro atoms. The van der Waals surface area contributed by atoms with E-state index in [4.69, 9.17) is 14.7 Å². The smallest absolute Gasteiger partial charge is 0.0665 e. The lowest BCUT2D eigenvalue weighted by molar-refractivity contribution is 0.150. The van der Waals surface area contributed by atoms with E-state index in [0.29, 0.717) is 6.04 Å². The zero-order valence-corrected chi connectivity index (χ0v) is 15.5. The number of fused-ring (bicyclic) bond motifs is 2. The summed E-state index contributed by atoms with van der Waals surface area (Å²) in [6, 6.07) is 13.2. The van der Waals surface area contributed by atoms with Gasteiger partial charge in [0.15, 0.2) is 0 Å². The van der Waals surface area contributed by atoms with Crippen molar-refractivity contribution in [2.45, 2.75) is 38.1 Å². The Morgan fingerprint density at radius 2 is 2.04 bits per heavy atom. The lowest BCUT2D eigenvalue weighted by atomic mass is 9.90. The third-order valence-corrected chi connectivity index (χ3v) is 5.45. The Balaban J connectivity index is 1.54. The van der Waals surface area contributed by atoms with Crippen molar-refractivity contribution < 1.29 is 4.74 Å². The molecule has 26 heavy (non-hydrogen) atoms. The third-order valence-electron chi connectivity index (χ3n) is 5.45. The van der Waals surface area contributed by atoms with E-state index in [1.165, 1.54) is 35.4 Å². The number of benzene rings is 1. The summed E-state index contributed by atoms with van der Waals surface area (Å²) in [5.74, 6) is 0. The van der Waals surface area contributed by atoms with Crippen LogP contribution in [0.3, 0.4) is 0 Å². The van der Waals surface area contributed by atoms with E-state index < -0.39 is 0 Å². The van der Waals surface area contributed by atoms with Gasteiger partial charge in [-0.25, -0.2) is 0 Å². The van der Waals surface area contributed by atoms with Crippen molar-refractivity contribution in [2.24, 2.45) is 4.99 Å². The van der Waals surface area contributed by atoms with Gasteiger partial charge in [-0.3, -0.25) is 14.9 Å². The predicted molar refractivity (Wildman–Crippen MR) is 105 cm³/mol. The maximum absolute atomic E-state index is 5.30. The predicted octanol–water partition coefficient (Wildman–Crippen LogP) is 4.13. The molecule has 0 radical (unpaired) electrons. The number of pyridine rings is 1. The first kappa shape index (κ1) is 17.4. The topological polar surface area (TPSA) is 37.7 Å². The van der Waals surface area contributed by atoms with Gasteiger partial charge >= 0.3 is 0 Å². The van der Waals surface area contributed by atoms with Crippen molar-refractivity contribution in [3.8, 4) is 0 Å². The molecule has 4 heteroatoms. The third kappa shape index (κ3) is 3.71. The summed E-state index contributed by atoms with van der Waals surface area (Å²) < 4.78 is 5.30. The zero-order chi connectivity index (χ0) is 17.8. The number of methoxy groups -OCH3 is 1. The first-order valence-corrected chi connectivity index (χ1v) is 9.66. The first-order valence-electron chi connectivity index (χ1n) is 9.66. The summed E-state index contributed by atoms with van der Waals surface area (Å²) in [6.45, 7) is 2.73. The van der Waals surface area contributed by atoms with Gasteiger partial charge in [-0.1, -0.05) is 24.3 Å². The molecule has 4 nitrogen and oxygen atoms in total. The molecule has 0 unspecified atom stereocenters. The van der Waals surface area contributed by atoms with Gasteiger partial charge in [0.2, 0.25) is 0 Å². The van der Waals surface area contributed by atoms with E-state index in [-0.39, 0.29) is 0 Å². The summed E-state index contributed by atoms with van der Waals surface area (Å²) in [5.41, 5.74) is 6.44. The van der Waals surface area contributed by atoms with Crippen molar-refractivity contribution in [2.75, 3.05) is 26.8 Å². The molecule has 2 heterocycles. The Kier molecular flexibility index (Phi) is 5.42. The van der Waals surface area contributed by atoms with Crippen LogP contribution in [0.1, 0.15) is 42.1 Å². The summed E-state index contributed by atoms with van der Waals surface area (Å²) in [5, 5.41) is 0. The molecule has 1 aliphatic carbocycles. The van der Waals surface area contributed by atoms with Gasteiger partial charge in [0.25, 0.3) is 0 Å². The standard InChI is InChI=1S/C22H27N3O/c1-26-14-6-13-25(16-19-15-18-7-2-3-10-20(18)24-19)21-11-4-8-17-9-5-12-23-22(17)21/h2-3,5,7,9-10,12,21H,4,6,8,11,13-16H2,1H3/t21-/m0/s1. The van der Waals surface area contributed by atoms with Gasteiger partial charge in [0, 0.05) is 45.1 Å². The van der Waals surface area contributed by atoms with Crippen molar-refractivity contribution in [3.05, 3.63) is 59.4 Å². The second-order valence-corrected chi connectivity index (χ2v) is 7.26. The maximum atomic E-state index is 5.30. The van der Waals surface area contributed by atoms with Crippen molar-refractivity contribution >= 4 is 11.4 Å². The van der Waals surface area contributed by atoms with Crippen LogP contribution in [0.25, 0.3) is 0 Å². The summed E-state index contributed by atoms with van der Waals surface area (Å²) >= 11 is 0. The Labute approximate surface area is 155 Å². The van der Waals surface area contributed by atoms with Gasteiger partial charge in [0.05, 0.1) is 17.4 Å². The minimum atomic E-state index is 0.392. The van der Waals surface area contributed by atoms with E-state index in [1.807, 2.05) is 6.20 Å². The minimum absolute atomic E-state index is 0.392. The Morgan fingerprint density at radius 3 is 2.92 bits per heavy atom. The van der Waals surface area contributed by atoms with E-state index in [0.717, 1.165) is 44.6 Å². The van der Waals surface area contributed by atoms with Gasteiger partial charge in [-0.15, -0.1) is 0 Å². The zero-order valence-electron chi connectivity index (χ0n) is 15.5. The van der Waals surface area contributed by atoms with Crippen LogP contribution in [0.2, 0.25) is 0 Å². The molecule has 0 saturated carbocycles. The number of hydrogen-bond donors (Lipinski definition) is 0. The first-order chi connectivity index (χ1) is 12.8. The lowest BCUT2D eigenvalue weighted by Crippen LogP contribution is -2.37. The monoisotopic (exact) mass is 349 g/mol. The van der Waals surface area contributed by atoms with E-state index in [2.05, 4.69) is 41.3 Å². The SMILES string of the molecule is COCCCN(CC1=Nc2ccccc2C1)[C@H]1CCCc2cccnc21. The molecular formula is C22H27N3O. The number of hydrogen-bond acceptors (Lipinski definition) is 4. The Morgan fingerprint density at radius 1 is 1.15 bits per heavy atom. The van der Waals surface area contributed by atoms with Crippen LogP contribution >= 0.6 is 0 Å². The number of nitrogens with zero attached hydrogens (tertiary/aromatic N) is 3. The van der Waals surface area contributed by atoms with Crippen LogP contribution in [-0.4, -0.2) is 42.4 Å². The fourth-order valence-corrected chi connectivity index (χ4v) is 4.22. The minimum Gasteiger partial charge on any atom is -0.385 e. The average molecular weight is 349 g/mol. The Bertz CT molecular complexity index is 786. The molecule has 4 rings (SSSR count). The summed E-state index contributed by atoms with van der Waals surface area (Å²) in [7, 11) is 1.78. The number of aliphatic imine (C=N–C) groups is 1. The van der Waals surface area contributed by atoms with Crippen LogP contribution in [0, 0.1) is 0 Å². The molecule has 1 aromatic heterocycles. The largest absolute Gasteiger partial charge is 0.385 e. The fraction of sp³-hybridized carbons (Fsp3) is 0.455. The summed E-state index contributed by atoms with van der Waals surface area (Å²) in [4.78, 5) is 12.2. The van der Waals surface area contributed by atoms with E-state index in [1.54, 1.807) is 7.11 Å². The highest BCUT2D eigenvalue weighted by molar-refractivity contribution is 5.95. The second-order valence-electron chi connectivity index (χ2n) is 7.26. The number of para-hydroxylation sites is 1. The van der Waals surface area contributed by atoms with E-state index >= 15 is 0 Å². The summed E-state index contributed by atoms with van der Waals surface area (Å²) in [6.07, 6.45) is 7.51. The highest BCUT2D eigenvalue weighted by atomic mass is 16.5. The molecule has 0 saturated heterocycles. The van der Waals surface area contributed by atoms with Crippen LogP contribution in [0.4, 0.5) is 5.69 Å². The van der Waals surface area contributed by atoms with Crippen LogP contribution < -0.4 is 0 Å². The second kappa shape index (κ2) is 8.11. The molecule has 0 fully saturated rings. The highest BCUT2D eigenvalue weighted by Gasteiger charge is 2.28. The van der Waals surface area contributed by atoms with Gasteiger partial charge < -0.3 is 4.74 Å². The molecule has 2 aromatic rings. The molecule has 0 amide bonds. The van der Waals surface area contributed by atoms with Gasteiger partial charge in [-0.05, 0) is 48.9 Å². The molecule has 0 bridgehead atoms. The van der Waals surface area contributed by atoms with E-state index in [9.17, 15) is 0 Å². The molecule has 2 aliphatic rings. The molecule has 136 valence electrons. The van der Waals surface area contributed by atoms with Crippen molar-refractivity contribution in [1.82, 2.24) is 9.88 Å². The number of aromatic nitrogens is 1. The highest BCUT2D eigenvalue weighted by Crippen LogP contribution is 2.34. The van der Waals surface area contributed by atoms with Crippen LogP contribution in [0.15, 0.2) is 47.6 Å². The number of ether oxygens (including phenoxy) is 1. The van der Waals surface area contributed by atoms with Crippen molar-refractivity contribution in [3.63, 3.8) is 0 Å². The van der Waals surface area contributed by atoms with Crippen LogP contribution in [-0.2, 0) is 17.6 Å². The van der Waals surface area contributed by atoms with Gasteiger partial charge in [-0.2, -0.15) is 0 Å². The van der Waals surface area contributed by atoms with Crippen molar-refractivity contribution in [1.29, 1.82) is 0 Å². The molecular weight excluding hydrogens is 322 g/mol. The fourth-order valence-electron chi connectivity index (χ4n) is 4.22.